The van der Waals surface area contributed by atoms with E-state index in [1.165, 1.54) is 30.3 Å². The van der Waals surface area contributed by atoms with Gasteiger partial charge in [0.05, 0.1) is 10.5 Å². The zero-order chi connectivity index (χ0) is 20.5. The molecule has 8 heteroatoms. The lowest BCUT2D eigenvalue weighted by atomic mass is 9.99. The Bertz CT molecular complexity index is 1190. The van der Waals surface area contributed by atoms with E-state index < -0.39 is 10.6 Å². The van der Waals surface area contributed by atoms with E-state index in [0.717, 1.165) is 16.6 Å². The molecule has 0 spiro atoms. The average molecular weight is 392 g/mol. The van der Waals surface area contributed by atoms with Crippen LogP contribution in [-0.2, 0) is 26.4 Å². The highest BCUT2D eigenvalue weighted by Crippen LogP contribution is 2.25. The van der Waals surface area contributed by atoms with Gasteiger partial charge in [-0.15, -0.1) is 0 Å². The molecule has 1 N–H and O–H groups in total. The fraction of sp³-hybridized carbons (Fsp3) is 0.238. The van der Waals surface area contributed by atoms with Crippen LogP contribution in [0.15, 0.2) is 58.1 Å². The van der Waals surface area contributed by atoms with Gasteiger partial charge in [0.2, 0.25) is 0 Å². The Morgan fingerprint density at radius 2 is 1.76 bits per heavy atom. The monoisotopic (exact) mass is 392 g/mol. The lowest BCUT2D eigenvalue weighted by Crippen LogP contribution is -2.40. The molecule has 0 atom stereocenters. The normalized spacial score (nSPS) is 13.2. The maximum Gasteiger partial charge on any atom is 0.329 e. The number of non-ortho nitro benzene ring substituents is 1. The molecule has 0 fully saturated rings. The number of H-pyrrole nitrogens is 1. The number of aromatic amines is 1. The lowest BCUT2D eigenvalue weighted by Gasteiger charge is -2.31. The van der Waals surface area contributed by atoms with Crippen molar-refractivity contribution in [3.05, 3.63) is 102 Å². The number of benzene rings is 2. The number of rotatable bonds is 4. The highest BCUT2D eigenvalue weighted by molar-refractivity contribution is 5.51. The fourth-order valence-electron chi connectivity index (χ4n) is 3.71. The molecule has 0 saturated carbocycles. The van der Waals surface area contributed by atoms with Gasteiger partial charge in [0, 0.05) is 38.7 Å². The van der Waals surface area contributed by atoms with Gasteiger partial charge in [-0.3, -0.25) is 24.5 Å². The molecule has 0 saturated heterocycles. The van der Waals surface area contributed by atoms with Crippen LogP contribution in [0.1, 0.15) is 22.3 Å². The number of aromatic nitrogens is 2. The number of hydrogen-bond acceptors (Lipinski definition) is 5. The summed E-state index contributed by atoms with van der Waals surface area (Å²) in [6, 6.07) is 14.2. The smallest absolute Gasteiger partial charge is 0.329 e. The summed E-state index contributed by atoms with van der Waals surface area (Å²) in [5.41, 5.74) is 2.85. The SMILES string of the molecule is Cn1c(=O)[nH]c(N2CCc3ccccc3C2)c(Cc2ccc([N+](=O)[O-])cc2)c1=O. The fourth-order valence-corrected chi connectivity index (χ4v) is 3.71. The summed E-state index contributed by atoms with van der Waals surface area (Å²) in [5, 5.41) is 10.9. The summed E-state index contributed by atoms with van der Waals surface area (Å²) < 4.78 is 1.06. The zero-order valence-corrected chi connectivity index (χ0v) is 15.9. The van der Waals surface area contributed by atoms with Gasteiger partial charge in [0.1, 0.15) is 5.82 Å². The molecule has 2 aromatic carbocycles. The second-order valence-corrected chi connectivity index (χ2v) is 7.16. The molecule has 4 rings (SSSR count). The van der Waals surface area contributed by atoms with Gasteiger partial charge >= 0.3 is 5.69 Å². The maximum absolute atomic E-state index is 12.9. The number of nitrogens with zero attached hydrogens (tertiary/aromatic N) is 3. The Morgan fingerprint density at radius 1 is 1.07 bits per heavy atom. The first-order valence-electron chi connectivity index (χ1n) is 9.31. The van der Waals surface area contributed by atoms with Crippen molar-refractivity contribution in [3.8, 4) is 0 Å². The second-order valence-electron chi connectivity index (χ2n) is 7.16. The van der Waals surface area contributed by atoms with Crippen LogP contribution in [0.5, 0.6) is 0 Å². The van der Waals surface area contributed by atoms with Crippen molar-refractivity contribution in [1.82, 2.24) is 9.55 Å². The molecule has 148 valence electrons. The van der Waals surface area contributed by atoms with Crippen molar-refractivity contribution in [2.75, 3.05) is 11.4 Å². The van der Waals surface area contributed by atoms with Crippen molar-refractivity contribution in [2.24, 2.45) is 7.05 Å². The largest absolute Gasteiger partial charge is 0.353 e. The molecule has 0 aliphatic carbocycles. The number of nitro benzene ring substituents is 1. The Labute approximate surface area is 166 Å². The predicted octanol–water partition coefficient (Wildman–Crippen LogP) is 2.14. The van der Waals surface area contributed by atoms with Gasteiger partial charge < -0.3 is 4.90 Å². The van der Waals surface area contributed by atoms with Crippen LogP contribution < -0.4 is 16.1 Å². The molecular weight excluding hydrogens is 372 g/mol. The van der Waals surface area contributed by atoms with Crippen LogP contribution in [0, 0.1) is 10.1 Å². The van der Waals surface area contributed by atoms with Gasteiger partial charge in [-0.2, -0.15) is 0 Å². The van der Waals surface area contributed by atoms with Crippen LogP contribution in [0.2, 0.25) is 0 Å². The third-order valence-electron chi connectivity index (χ3n) is 5.35. The summed E-state index contributed by atoms with van der Waals surface area (Å²) in [7, 11) is 1.44. The molecule has 3 aromatic rings. The van der Waals surface area contributed by atoms with Gasteiger partial charge in [-0.05, 0) is 23.1 Å². The highest BCUT2D eigenvalue weighted by Gasteiger charge is 2.22. The Kier molecular flexibility index (Phi) is 4.75. The van der Waals surface area contributed by atoms with Gasteiger partial charge in [-0.1, -0.05) is 36.4 Å². The number of nitrogens with one attached hydrogen (secondary N) is 1. The van der Waals surface area contributed by atoms with Crippen LogP contribution >= 0.6 is 0 Å². The minimum Gasteiger partial charge on any atom is -0.353 e. The maximum atomic E-state index is 12.9. The molecule has 0 unspecified atom stereocenters. The zero-order valence-electron chi connectivity index (χ0n) is 15.9. The van der Waals surface area contributed by atoms with E-state index in [-0.39, 0.29) is 17.7 Å². The summed E-state index contributed by atoms with van der Waals surface area (Å²) in [4.78, 5) is 40.5. The molecule has 0 radical (unpaired) electrons. The third kappa shape index (κ3) is 3.56. The quantitative estimate of drug-likeness (QED) is 0.541. The molecule has 0 amide bonds. The van der Waals surface area contributed by atoms with Gasteiger partial charge in [-0.25, -0.2) is 4.79 Å². The Morgan fingerprint density at radius 3 is 2.45 bits per heavy atom. The van der Waals surface area contributed by atoms with E-state index >= 15 is 0 Å². The lowest BCUT2D eigenvalue weighted by molar-refractivity contribution is -0.384. The molecule has 0 bridgehead atoms. The molecule has 1 aromatic heterocycles. The average Bonchev–Trinajstić information content (AvgIpc) is 2.74. The topological polar surface area (TPSA) is 101 Å². The van der Waals surface area contributed by atoms with Crippen molar-refractivity contribution >= 4 is 11.5 Å². The van der Waals surface area contributed by atoms with Crippen molar-refractivity contribution < 1.29 is 4.92 Å². The van der Waals surface area contributed by atoms with Gasteiger partial charge in [0.25, 0.3) is 11.2 Å². The molecular formula is C21H20N4O4. The van der Waals surface area contributed by atoms with E-state index in [2.05, 4.69) is 17.1 Å². The first-order chi connectivity index (χ1) is 13.9. The Hall–Kier alpha value is -3.68. The van der Waals surface area contributed by atoms with Gasteiger partial charge in [0.15, 0.2) is 0 Å². The number of anilines is 1. The minimum atomic E-state index is -0.462. The van der Waals surface area contributed by atoms with Crippen LogP contribution in [0.4, 0.5) is 11.5 Å². The molecule has 1 aliphatic heterocycles. The Balaban J connectivity index is 1.74. The van der Waals surface area contributed by atoms with Crippen LogP contribution in [0.3, 0.4) is 0 Å². The summed E-state index contributed by atoms with van der Waals surface area (Å²) in [6.07, 6.45) is 1.10. The summed E-state index contributed by atoms with van der Waals surface area (Å²) in [6.45, 7) is 1.29. The molecule has 29 heavy (non-hydrogen) atoms. The third-order valence-corrected chi connectivity index (χ3v) is 5.35. The van der Waals surface area contributed by atoms with Crippen LogP contribution in [-0.4, -0.2) is 21.0 Å². The van der Waals surface area contributed by atoms with E-state index in [0.29, 0.717) is 24.5 Å². The predicted molar refractivity (Wildman–Crippen MR) is 109 cm³/mol. The molecule has 2 heterocycles. The second kappa shape index (κ2) is 7.38. The molecule has 8 nitrogen and oxygen atoms in total. The van der Waals surface area contributed by atoms with E-state index in [9.17, 15) is 19.7 Å². The first kappa shape index (κ1) is 18.7. The van der Waals surface area contributed by atoms with Crippen molar-refractivity contribution in [1.29, 1.82) is 0 Å². The van der Waals surface area contributed by atoms with E-state index in [1.807, 2.05) is 17.0 Å². The first-order valence-corrected chi connectivity index (χ1v) is 9.31. The minimum absolute atomic E-state index is 0.00372. The molecule has 1 aliphatic rings. The standard InChI is InChI=1S/C21H20N4O4/c1-23-20(26)18(12-14-6-8-17(9-7-14)25(28)29)19(22-21(23)27)24-11-10-15-4-2-3-5-16(15)13-24/h2-9H,10-13H2,1H3,(H,22,27). The highest BCUT2D eigenvalue weighted by atomic mass is 16.6. The summed E-state index contributed by atoms with van der Waals surface area (Å²) >= 11 is 0. The number of hydrogen-bond donors (Lipinski definition) is 1. The number of nitro groups is 1. The van der Waals surface area contributed by atoms with Crippen LogP contribution in [0.25, 0.3) is 0 Å². The van der Waals surface area contributed by atoms with E-state index in [4.69, 9.17) is 0 Å². The van der Waals surface area contributed by atoms with Crippen molar-refractivity contribution in [3.63, 3.8) is 0 Å². The summed E-state index contributed by atoms with van der Waals surface area (Å²) in [5.74, 6) is 0.519. The number of fused-ring (bicyclic) bond motifs is 1. The van der Waals surface area contributed by atoms with E-state index in [1.54, 1.807) is 12.1 Å². The van der Waals surface area contributed by atoms with Crippen molar-refractivity contribution in [2.45, 2.75) is 19.4 Å².